The Hall–Kier alpha value is -2.30. The molecule has 3 rings (SSSR count). The van der Waals surface area contributed by atoms with E-state index in [0.29, 0.717) is 0 Å². The minimum Gasteiger partial charge on any atom is -0.352 e. The molecule has 2 atom stereocenters. The van der Waals surface area contributed by atoms with Crippen molar-refractivity contribution in [1.82, 2.24) is 20.0 Å². The van der Waals surface area contributed by atoms with Gasteiger partial charge in [0.2, 0.25) is 0 Å². The maximum atomic E-state index is 4.48. The molecule has 0 aliphatic carbocycles. The third-order valence-corrected chi connectivity index (χ3v) is 4.70. The van der Waals surface area contributed by atoms with E-state index in [4.69, 9.17) is 0 Å². The molecule has 1 aliphatic rings. The van der Waals surface area contributed by atoms with Crippen LogP contribution in [0.3, 0.4) is 0 Å². The zero-order valence-corrected chi connectivity index (χ0v) is 15.5. The predicted molar refractivity (Wildman–Crippen MR) is 102 cm³/mol. The molecule has 134 valence electrons. The normalized spacial score (nSPS) is 21.4. The molecule has 1 aromatic heterocycles. The van der Waals surface area contributed by atoms with Crippen LogP contribution in [0.15, 0.2) is 47.7 Å². The van der Waals surface area contributed by atoms with E-state index in [1.54, 1.807) is 0 Å². The van der Waals surface area contributed by atoms with Crippen LogP contribution in [0.25, 0.3) is 0 Å². The Kier molecular flexibility index (Phi) is 5.74. The van der Waals surface area contributed by atoms with Crippen LogP contribution in [-0.4, -0.2) is 40.8 Å². The summed E-state index contributed by atoms with van der Waals surface area (Å²) in [5, 5.41) is 7.97. The molecule has 0 saturated carbocycles. The Morgan fingerprint density at radius 3 is 2.56 bits per heavy atom. The van der Waals surface area contributed by atoms with Crippen LogP contribution in [0.5, 0.6) is 0 Å². The van der Waals surface area contributed by atoms with Gasteiger partial charge in [-0.2, -0.15) is 5.10 Å². The quantitative estimate of drug-likeness (QED) is 0.688. The van der Waals surface area contributed by atoms with E-state index in [1.165, 1.54) is 17.5 Å². The van der Waals surface area contributed by atoms with Gasteiger partial charge in [-0.05, 0) is 23.8 Å². The number of nitrogens with one attached hydrogen (secondary N) is 1. The fourth-order valence-electron chi connectivity index (χ4n) is 3.70. The standard InChI is InChI=1S/C20H29N5/c1-16-9-17(2)13-24(12-16)20(21-3)22-10-19-11-23-25(15-19)14-18-7-5-4-6-8-18/h4-8,11,15-17H,9-10,12-14H2,1-3H3,(H,21,22). The van der Waals surface area contributed by atoms with E-state index >= 15 is 0 Å². The molecule has 5 nitrogen and oxygen atoms in total. The van der Waals surface area contributed by atoms with Crippen LogP contribution in [-0.2, 0) is 13.1 Å². The second-order valence-corrected chi connectivity index (χ2v) is 7.28. The lowest BCUT2D eigenvalue weighted by molar-refractivity contribution is 0.208. The Morgan fingerprint density at radius 1 is 1.16 bits per heavy atom. The fourth-order valence-corrected chi connectivity index (χ4v) is 3.70. The first-order valence-corrected chi connectivity index (χ1v) is 9.15. The van der Waals surface area contributed by atoms with Crippen LogP contribution < -0.4 is 5.32 Å². The predicted octanol–water partition coefficient (Wildman–Crippen LogP) is 2.98. The minimum absolute atomic E-state index is 0.718. The smallest absolute Gasteiger partial charge is 0.193 e. The van der Waals surface area contributed by atoms with Gasteiger partial charge < -0.3 is 10.2 Å². The molecule has 25 heavy (non-hydrogen) atoms. The van der Waals surface area contributed by atoms with E-state index in [-0.39, 0.29) is 0 Å². The summed E-state index contributed by atoms with van der Waals surface area (Å²) in [4.78, 5) is 6.86. The maximum absolute atomic E-state index is 4.48. The number of piperidine rings is 1. The van der Waals surface area contributed by atoms with Gasteiger partial charge in [0, 0.05) is 38.4 Å². The van der Waals surface area contributed by atoms with Crippen LogP contribution in [0.2, 0.25) is 0 Å². The molecule has 0 bridgehead atoms. The van der Waals surface area contributed by atoms with Crippen molar-refractivity contribution in [1.29, 1.82) is 0 Å². The average Bonchev–Trinajstić information content (AvgIpc) is 3.03. The van der Waals surface area contributed by atoms with Crippen molar-refractivity contribution in [2.75, 3.05) is 20.1 Å². The van der Waals surface area contributed by atoms with Crippen molar-refractivity contribution in [3.8, 4) is 0 Å². The van der Waals surface area contributed by atoms with Crippen molar-refractivity contribution < 1.29 is 0 Å². The number of benzene rings is 1. The van der Waals surface area contributed by atoms with Crippen LogP contribution >= 0.6 is 0 Å². The van der Waals surface area contributed by atoms with Gasteiger partial charge in [0.05, 0.1) is 12.7 Å². The number of rotatable bonds is 4. The molecule has 1 aliphatic heterocycles. The molecule has 1 aromatic carbocycles. The number of aromatic nitrogens is 2. The van der Waals surface area contributed by atoms with Crippen molar-refractivity contribution in [2.45, 2.75) is 33.4 Å². The second kappa shape index (κ2) is 8.19. The lowest BCUT2D eigenvalue weighted by Gasteiger charge is -2.37. The summed E-state index contributed by atoms with van der Waals surface area (Å²) in [6.45, 7) is 8.36. The van der Waals surface area contributed by atoms with E-state index in [9.17, 15) is 0 Å². The molecule has 0 spiro atoms. The van der Waals surface area contributed by atoms with Crippen LogP contribution in [0.1, 0.15) is 31.4 Å². The number of likely N-dealkylation sites (tertiary alicyclic amines) is 1. The van der Waals surface area contributed by atoms with Crippen molar-refractivity contribution in [2.24, 2.45) is 16.8 Å². The van der Waals surface area contributed by atoms with Crippen LogP contribution in [0.4, 0.5) is 0 Å². The lowest BCUT2D eigenvalue weighted by atomic mass is 9.92. The number of hydrogen-bond donors (Lipinski definition) is 1. The zero-order chi connectivity index (χ0) is 17.6. The Bertz CT molecular complexity index is 681. The van der Waals surface area contributed by atoms with E-state index in [1.807, 2.05) is 24.0 Å². The van der Waals surface area contributed by atoms with Crippen molar-refractivity contribution in [3.05, 3.63) is 53.9 Å². The Morgan fingerprint density at radius 2 is 1.88 bits per heavy atom. The molecule has 0 radical (unpaired) electrons. The first-order valence-electron chi connectivity index (χ1n) is 9.15. The number of aliphatic imine (C=N–C) groups is 1. The molecule has 2 unspecified atom stereocenters. The Balaban J connectivity index is 1.55. The SMILES string of the molecule is CN=C(NCc1cnn(Cc2ccccc2)c1)N1CC(C)CC(C)C1. The first-order chi connectivity index (χ1) is 12.1. The van der Waals surface area contributed by atoms with Gasteiger partial charge in [0.1, 0.15) is 0 Å². The molecular weight excluding hydrogens is 310 g/mol. The molecule has 1 fully saturated rings. The summed E-state index contributed by atoms with van der Waals surface area (Å²) in [5.74, 6) is 2.43. The summed E-state index contributed by atoms with van der Waals surface area (Å²) in [5.41, 5.74) is 2.44. The molecule has 1 saturated heterocycles. The van der Waals surface area contributed by atoms with Gasteiger partial charge in [-0.15, -0.1) is 0 Å². The van der Waals surface area contributed by atoms with E-state index < -0.39 is 0 Å². The summed E-state index contributed by atoms with van der Waals surface area (Å²) in [7, 11) is 1.87. The van der Waals surface area contributed by atoms with E-state index in [0.717, 1.165) is 44.0 Å². The molecule has 1 N–H and O–H groups in total. The Labute approximate surface area is 150 Å². The molecule has 2 aromatic rings. The largest absolute Gasteiger partial charge is 0.352 e. The van der Waals surface area contributed by atoms with Gasteiger partial charge in [0.25, 0.3) is 0 Å². The fraction of sp³-hybridized carbons (Fsp3) is 0.500. The van der Waals surface area contributed by atoms with Crippen LogP contribution in [0, 0.1) is 11.8 Å². The van der Waals surface area contributed by atoms with E-state index in [2.05, 4.69) is 64.6 Å². The third-order valence-electron chi connectivity index (χ3n) is 4.70. The van der Waals surface area contributed by atoms with Crippen molar-refractivity contribution >= 4 is 5.96 Å². The highest BCUT2D eigenvalue weighted by Crippen LogP contribution is 2.20. The topological polar surface area (TPSA) is 45.5 Å². The molecule has 2 heterocycles. The summed E-state index contributed by atoms with van der Waals surface area (Å²) < 4.78 is 1.99. The summed E-state index contributed by atoms with van der Waals surface area (Å²) in [6.07, 6.45) is 5.35. The molecule has 5 heteroatoms. The number of hydrogen-bond acceptors (Lipinski definition) is 2. The van der Waals surface area contributed by atoms with Gasteiger partial charge in [0.15, 0.2) is 5.96 Å². The summed E-state index contributed by atoms with van der Waals surface area (Å²) >= 11 is 0. The first kappa shape index (κ1) is 17.5. The maximum Gasteiger partial charge on any atom is 0.193 e. The molecular formula is C20H29N5. The van der Waals surface area contributed by atoms with Gasteiger partial charge in [-0.3, -0.25) is 9.67 Å². The van der Waals surface area contributed by atoms with Gasteiger partial charge in [-0.1, -0.05) is 44.2 Å². The number of guanidine groups is 1. The van der Waals surface area contributed by atoms with Gasteiger partial charge >= 0.3 is 0 Å². The monoisotopic (exact) mass is 339 g/mol. The summed E-state index contributed by atoms with van der Waals surface area (Å²) in [6, 6.07) is 10.4. The highest BCUT2D eigenvalue weighted by Gasteiger charge is 2.23. The number of nitrogens with zero attached hydrogens (tertiary/aromatic N) is 4. The third kappa shape index (κ3) is 4.84. The highest BCUT2D eigenvalue weighted by atomic mass is 15.3. The zero-order valence-electron chi connectivity index (χ0n) is 15.5. The highest BCUT2D eigenvalue weighted by molar-refractivity contribution is 5.80. The lowest BCUT2D eigenvalue weighted by Crippen LogP contribution is -2.48. The van der Waals surface area contributed by atoms with Gasteiger partial charge in [-0.25, -0.2) is 0 Å². The minimum atomic E-state index is 0.718. The second-order valence-electron chi connectivity index (χ2n) is 7.28. The average molecular weight is 339 g/mol. The molecule has 0 amide bonds. The van der Waals surface area contributed by atoms with Crippen molar-refractivity contribution in [3.63, 3.8) is 0 Å².